The van der Waals surface area contributed by atoms with Gasteiger partial charge in [-0.15, -0.1) is 11.6 Å². The minimum Gasteiger partial charge on any atom is -0.327 e. The second kappa shape index (κ2) is 4.99. The fourth-order valence-corrected chi connectivity index (χ4v) is 2.95. The van der Waals surface area contributed by atoms with Gasteiger partial charge in [0.25, 0.3) is 0 Å². The van der Waals surface area contributed by atoms with Crippen molar-refractivity contribution in [3.63, 3.8) is 0 Å². The Labute approximate surface area is 121 Å². The Morgan fingerprint density at radius 3 is 2.70 bits per heavy atom. The fourth-order valence-electron chi connectivity index (χ4n) is 2.78. The molecule has 1 heterocycles. The van der Waals surface area contributed by atoms with Crippen LogP contribution in [0.2, 0.25) is 0 Å². The van der Waals surface area contributed by atoms with Crippen LogP contribution in [0.15, 0.2) is 12.1 Å². The maximum absolute atomic E-state index is 13.9. The third-order valence-corrected chi connectivity index (χ3v) is 4.56. The van der Waals surface area contributed by atoms with Crippen molar-refractivity contribution in [1.82, 2.24) is 9.55 Å². The number of aryl methyl sites for hydroxylation is 1. The van der Waals surface area contributed by atoms with Gasteiger partial charge in [0.2, 0.25) is 0 Å². The van der Waals surface area contributed by atoms with Crippen LogP contribution in [0, 0.1) is 17.0 Å². The quantitative estimate of drug-likeness (QED) is 0.753. The Bertz CT molecular complexity index is 647. The zero-order chi connectivity index (χ0) is 14.3. The predicted molar refractivity (Wildman–Crippen MR) is 76.0 cm³/mol. The van der Waals surface area contributed by atoms with Gasteiger partial charge in [0.1, 0.15) is 17.2 Å². The molecule has 0 amide bonds. The van der Waals surface area contributed by atoms with Crippen LogP contribution in [-0.4, -0.2) is 15.4 Å². The van der Waals surface area contributed by atoms with Gasteiger partial charge in [-0.2, -0.15) is 0 Å². The molecule has 1 fully saturated rings. The number of rotatable bonds is 5. The zero-order valence-corrected chi connectivity index (χ0v) is 12.2. The van der Waals surface area contributed by atoms with Crippen molar-refractivity contribution in [2.75, 3.05) is 5.88 Å². The highest BCUT2D eigenvalue weighted by molar-refractivity contribution is 6.17. The normalized spacial score (nSPS) is 16.8. The molecule has 1 aliphatic carbocycles. The first-order chi connectivity index (χ1) is 9.58. The molecule has 2 aromatic rings. The summed E-state index contributed by atoms with van der Waals surface area (Å²) >= 11 is 5.81. The lowest BCUT2D eigenvalue weighted by Gasteiger charge is -2.16. The summed E-state index contributed by atoms with van der Waals surface area (Å²) in [6.07, 6.45) is 3.98. The van der Waals surface area contributed by atoms with Crippen LogP contribution in [0.5, 0.6) is 0 Å². The number of aromatic nitrogens is 2. The average Bonchev–Trinajstić information content (AvgIpc) is 3.11. The predicted octanol–water partition coefficient (Wildman–Crippen LogP) is 4.29. The summed E-state index contributed by atoms with van der Waals surface area (Å²) in [6, 6.07) is 2.26. The van der Waals surface area contributed by atoms with Gasteiger partial charge in [0.05, 0.1) is 5.52 Å². The Kier molecular flexibility index (Phi) is 3.44. The van der Waals surface area contributed by atoms with Gasteiger partial charge in [-0.1, -0.05) is 6.92 Å². The first kappa shape index (κ1) is 13.8. The van der Waals surface area contributed by atoms with E-state index in [1.807, 2.05) is 4.57 Å². The number of benzene rings is 1. The molecule has 3 rings (SSSR count). The molecule has 0 saturated heterocycles. The number of imidazole rings is 1. The van der Waals surface area contributed by atoms with Crippen LogP contribution < -0.4 is 0 Å². The van der Waals surface area contributed by atoms with Crippen LogP contribution in [0.4, 0.5) is 8.78 Å². The highest BCUT2D eigenvalue weighted by atomic mass is 35.5. The Hall–Kier alpha value is -1.16. The van der Waals surface area contributed by atoms with E-state index in [0.717, 1.165) is 24.9 Å². The van der Waals surface area contributed by atoms with E-state index in [9.17, 15) is 8.78 Å². The molecule has 0 spiro atoms. The van der Waals surface area contributed by atoms with E-state index in [4.69, 9.17) is 11.6 Å². The highest BCUT2D eigenvalue weighted by Crippen LogP contribution is 2.50. The number of hydrogen-bond acceptors (Lipinski definition) is 1. The van der Waals surface area contributed by atoms with Gasteiger partial charge in [-0.3, -0.25) is 0 Å². The summed E-state index contributed by atoms with van der Waals surface area (Å²) < 4.78 is 29.3. The van der Waals surface area contributed by atoms with E-state index in [1.54, 1.807) is 0 Å². The van der Waals surface area contributed by atoms with Crippen LogP contribution in [-0.2, 0) is 13.0 Å². The molecule has 1 aromatic carbocycles. The monoisotopic (exact) mass is 298 g/mol. The molecular formula is C15H17ClF2N2. The molecule has 0 bridgehead atoms. The molecule has 2 nitrogen and oxygen atoms in total. The van der Waals surface area contributed by atoms with E-state index in [1.165, 1.54) is 18.9 Å². The third-order valence-electron chi connectivity index (χ3n) is 4.37. The van der Waals surface area contributed by atoms with Gasteiger partial charge in [-0.05, 0) is 30.7 Å². The van der Waals surface area contributed by atoms with E-state index in [0.29, 0.717) is 17.8 Å². The minimum atomic E-state index is -0.601. The first-order valence-electron chi connectivity index (χ1n) is 6.99. The van der Waals surface area contributed by atoms with Gasteiger partial charge in [-0.25, -0.2) is 13.8 Å². The number of nitrogens with zero attached hydrogens (tertiary/aromatic N) is 2. The Morgan fingerprint density at radius 2 is 2.10 bits per heavy atom. The molecule has 1 aromatic heterocycles. The maximum Gasteiger partial charge on any atom is 0.153 e. The second-order valence-electron chi connectivity index (χ2n) is 5.66. The van der Waals surface area contributed by atoms with Crippen molar-refractivity contribution in [1.29, 1.82) is 0 Å². The number of alkyl halides is 1. The average molecular weight is 299 g/mol. The first-order valence-corrected chi connectivity index (χ1v) is 7.52. The zero-order valence-electron chi connectivity index (χ0n) is 11.4. The van der Waals surface area contributed by atoms with Crippen molar-refractivity contribution in [2.24, 2.45) is 5.41 Å². The smallest absolute Gasteiger partial charge is 0.153 e. The minimum absolute atomic E-state index is 0.249. The third kappa shape index (κ3) is 2.30. The molecule has 5 heteroatoms. The Balaban J connectivity index is 2.13. The molecule has 108 valence electrons. The highest BCUT2D eigenvalue weighted by Gasteiger charge is 2.41. The molecule has 0 N–H and O–H groups in total. The van der Waals surface area contributed by atoms with Gasteiger partial charge >= 0.3 is 0 Å². The number of fused-ring (bicyclic) bond motifs is 1. The lowest BCUT2D eigenvalue weighted by molar-refractivity contribution is 0.408. The van der Waals surface area contributed by atoms with Gasteiger partial charge < -0.3 is 4.57 Å². The summed E-state index contributed by atoms with van der Waals surface area (Å²) in [6.45, 7) is 2.93. The maximum atomic E-state index is 13.9. The molecule has 0 aliphatic heterocycles. The van der Waals surface area contributed by atoms with E-state index in [-0.39, 0.29) is 10.9 Å². The van der Waals surface area contributed by atoms with Gasteiger partial charge in [0.15, 0.2) is 5.82 Å². The van der Waals surface area contributed by atoms with Crippen molar-refractivity contribution in [3.8, 4) is 0 Å². The van der Waals surface area contributed by atoms with Crippen LogP contribution in [0.3, 0.4) is 0 Å². The summed E-state index contributed by atoms with van der Waals surface area (Å²) in [5, 5.41) is 0. The second-order valence-corrected chi connectivity index (χ2v) is 6.04. The lowest BCUT2D eigenvalue weighted by atomic mass is 10.0. The van der Waals surface area contributed by atoms with E-state index >= 15 is 0 Å². The SMILES string of the molecule is CCC1(Cn2c(CCCl)nc3c(F)cc(F)cc32)CC1. The van der Waals surface area contributed by atoms with E-state index < -0.39 is 11.6 Å². The van der Waals surface area contributed by atoms with Crippen LogP contribution >= 0.6 is 11.6 Å². The molecular weight excluding hydrogens is 282 g/mol. The van der Waals surface area contributed by atoms with Crippen molar-refractivity contribution < 1.29 is 8.78 Å². The fraction of sp³-hybridized carbons (Fsp3) is 0.533. The lowest BCUT2D eigenvalue weighted by Crippen LogP contribution is -2.14. The largest absolute Gasteiger partial charge is 0.327 e. The summed E-state index contributed by atoms with van der Waals surface area (Å²) in [4.78, 5) is 4.33. The van der Waals surface area contributed by atoms with Crippen molar-refractivity contribution >= 4 is 22.6 Å². The molecule has 0 radical (unpaired) electrons. The Morgan fingerprint density at radius 1 is 1.35 bits per heavy atom. The van der Waals surface area contributed by atoms with Crippen molar-refractivity contribution in [2.45, 2.75) is 39.2 Å². The topological polar surface area (TPSA) is 17.8 Å². The van der Waals surface area contributed by atoms with Crippen LogP contribution in [0.1, 0.15) is 32.0 Å². The summed E-state index contributed by atoms with van der Waals surface area (Å²) in [7, 11) is 0. The van der Waals surface area contributed by atoms with Crippen molar-refractivity contribution in [3.05, 3.63) is 29.6 Å². The molecule has 1 saturated carbocycles. The molecule has 20 heavy (non-hydrogen) atoms. The summed E-state index contributed by atoms with van der Waals surface area (Å²) in [5.41, 5.74) is 1.07. The van der Waals surface area contributed by atoms with E-state index in [2.05, 4.69) is 11.9 Å². The van der Waals surface area contributed by atoms with Crippen LogP contribution in [0.25, 0.3) is 11.0 Å². The summed E-state index contributed by atoms with van der Waals surface area (Å²) in [5.74, 6) is 0.0112. The van der Waals surface area contributed by atoms with Gasteiger partial charge in [0, 0.05) is 24.9 Å². The number of halogens is 3. The standard InChI is InChI=1S/C15H17ClF2N2/c1-2-15(4-5-15)9-20-12-8-10(17)7-11(18)14(12)19-13(20)3-6-16/h7-8H,2-6,9H2,1H3. The molecule has 0 atom stereocenters. The molecule has 0 unspecified atom stereocenters. The molecule has 1 aliphatic rings. The number of hydrogen-bond donors (Lipinski definition) is 0.